The lowest BCUT2D eigenvalue weighted by Gasteiger charge is -2.10. The lowest BCUT2D eigenvalue weighted by atomic mass is 10.2. The molecule has 0 aliphatic heterocycles. The van der Waals surface area contributed by atoms with Gasteiger partial charge < -0.3 is 0 Å². The first-order valence-corrected chi connectivity index (χ1v) is 8.39. The van der Waals surface area contributed by atoms with Crippen molar-refractivity contribution in [1.29, 1.82) is 0 Å². The van der Waals surface area contributed by atoms with Gasteiger partial charge in [-0.25, -0.2) is 12.8 Å². The molecule has 2 heterocycles. The van der Waals surface area contributed by atoms with Crippen molar-refractivity contribution in [3.05, 3.63) is 54.5 Å². The molecule has 0 radical (unpaired) electrons. The Hall–Kier alpha value is -3.07. The van der Waals surface area contributed by atoms with E-state index in [1.54, 1.807) is 24.3 Å². The molecule has 0 amide bonds. The van der Waals surface area contributed by atoms with Gasteiger partial charge >= 0.3 is 0 Å². The molecule has 4 aromatic rings. The first-order chi connectivity index (χ1) is 11.5. The van der Waals surface area contributed by atoms with Gasteiger partial charge in [-0.3, -0.25) is 9.71 Å². The smallest absolute Gasteiger partial charge is 0.262 e. The summed E-state index contributed by atoms with van der Waals surface area (Å²) in [5.41, 5.74) is 1.49. The van der Waals surface area contributed by atoms with Crippen LogP contribution in [-0.2, 0) is 10.0 Å². The van der Waals surface area contributed by atoms with Crippen molar-refractivity contribution >= 4 is 37.6 Å². The zero-order valence-electron chi connectivity index (χ0n) is 12.1. The molecule has 2 N–H and O–H groups in total. The average Bonchev–Trinajstić information content (AvgIpc) is 3.02. The second kappa shape index (κ2) is 5.24. The van der Waals surface area contributed by atoms with Crippen molar-refractivity contribution < 1.29 is 12.8 Å². The molecule has 0 aliphatic rings. The Morgan fingerprint density at radius 1 is 1.04 bits per heavy atom. The molecule has 9 heteroatoms. The van der Waals surface area contributed by atoms with Gasteiger partial charge in [0.2, 0.25) is 0 Å². The first kappa shape index (κ1) is 14.5. The van der Waals surface area contributed by atoms with Crippen LogP contribution in [-0.4, -0.2) is 28.8 Å². The van der Waals surface area contributed by atoms with Crippen LogP contribution in [0.5, 0.6) is 0 Å². The van der Waals surface area contributed by atoms with E-state index in [1.807, 2.05) is 0 Å². The van der Waals surface area contributed by atoms with Crippen molar-refractivity contribution in [3.63, 3.8) is 0 Å². The molecule has 0 fully saturated rings. The molecule has 0 unspecified atom stereocenters. The number of pyridine rings is 1. The molecule has 0 bridgehead atoms. The summed E-state index contributed by atoms with van der Waals surface area (Å²) >= 11 is 0. The second-order valence-corrected chi connectivity index (χ2v) is 6.73. The van der Waals surface area contributed by atoms with Crippen LogP contribution in [0, 0.1) is 5.82 Å². The first-order valence-electron chi connectivity index (χ1n) is 6.91. The number of anilines is 1. The Labute approximate surface area is 135 Å². The molecule has 0 spiro atoms. The van der Waals surface area contributed by atoms with Gasteiger partial charge in [-0.1, -0.05) is 0 Å². The van der Waals surface area contributed by atoms with E-state index in [4.69, 9.17) is 0 Å². The highest BCUT2D eigenvalue weighted by Crippen LogP contribution is 2.26. The minimum atomic E-state index is -3.92. The van der Waals surface area contributed by atoms with Crippen molar-refractivity contribution in [2.24, 2.45) is 0 Å². The van der Waals surface area contributed by atoms with Crippen LogP contribution < -0.4 is 4.72 Å². The number of hydrogen-bond acceptors (Lipinski definition) is 5. The van der Waals surface area contributed by atoms with E-state index in [0.717, 1.165) is 6.07 Å². The lowest BCUT2D eigenvalue weighted by Crippen LogP contribution is -2.13. The van der Waals surface area contributed by atoms with Crippen LogP contribution in [0.2, 0.25) is 0 Å². The van der Waals surface area contributed by atoms with E-state index in [0.29, 0.717) is 16.7 Å². The molecule has 0 saturated carbocycles. The number of benzene rings is 2. The number of hydrogen-bond donors (Lipinski definition) is 2. The van der Waals surface area contributed by atoms with Crippen LogP contribution in [0.25, 0.3) is 21.9 Å². The topological polar surface area (TPSA) is 101 Å². The monoisotopic (exact) mass is 343 g/mol. The van der Waals surface area contributed by atoms with E-state index in [-0.39, 0.29) is 15.8 Å². The molecule has 2 aromatic heterocycles. The van der Waals surface area contributed by atoms with E-state index in [1.165, 1.54) is 18.3 Å². The highest BCUT2D eigenvalue weighted by molar-refractivity contribution is 7.93. The predicted molar refractivity (Wildman–Crippen MR) is 86.4 cm³/mol. The fraction of sp³-hybridized carbons (Fsp3) is 0. The summed E-state index contributed by atoms with van der Waals surface area (Å²) in [5.74, 6) is -0.575. The number of halogens is 1. The molecular formula is C15H10FN5O2S. The number of fused-ring (bicyclic) bond motifs is 2. The number of sulfonamides is 1. The van der Waals surface area contributed by atoms with Crippen molar-refractivity contribution in [1.82, 2.24) is 20.4 Å². The van der Waals surface area contributed by atoms with Gasteiger partial charge in [0.15, 0.2) is 0 Å². The van der Waals surface area contributed by atoms with Crippen LogP contribution in [0.15, 0.2) is 53.6 Å². The Morgan fingerprint density at radius 2 is 1.88 bits per heavy atom. The summed E-state index contributed by atoms with van der Waals surface area (Å²) < 4.78 is 41.7. The normalized spacial score (nSPS) is 11.9. The highest BCUT2D eigenvalue weighted by atomic mass is 32.2. The average molecular weight is 343 g/mol. The van der Waals surface area contributed by atoms with Gasteiger partial charge in [-0.15, -0.1) is 0 Å². The minimum absolute atomic E-state index is 0.00679. The SMILES string of the molecule is O=S(=O)(Nc1ccc2n[nH]nc2c1)c1ccc(F)c2ncccc12. The zero-order chi connectivity index (χ0) is 16.7. The minimum Gasteiger partial charge on any atom is -0.280 e. The third-order valence-corrected chi connectivity index (χ3v) is 4.98. The van der Waals surface area contributed by atoms with E-state index >= 15 is 0 Å². The van der Waals surface area contributed by atoms with Crippen molar-refractivity contribution in [2.45, 2.75) is 4.90 Å². The van der Waals surface area contributed by atoms with Crippen LogP contribution in [0.4, 0.5) is 10.1 Å². The molecule has 120 valence electrons. The molecule has 7 nitrogen and oxygen atoms in total. The van der Waals surface area contributed by atoms with Gasteiger partial charge in [-0.2, -0.15) is 15.4 Å². The second-order valence-electron chi connectivity index (χ2n) is 5.08. The standard InChI is InChI=1S/C15H10FN5O2S/c16-11-4-6-14(10-2-1-7-17-15(10)11)24(22,23)20-9-3-5-12-13(8-9)19-21-18-12/h1-8,20H,(H,18,19,21). The summed E-state index contributed by atoms with van der Waals surface area (Å²) in [6, 6.07) is 10.2. The van der Waals surface area contributed by atoms with Crippen molar-refractivity contribution in [2.75, 3.05) is 4.72 Å². The predicted octanol–water partition coefficient (Wildman–Crippen LogP) is 2.45. The number of nitrogens with zero attached hydrogens (tertiary/aromatic N) is 3. The van der Waals surface area contributed by atoms with E-state index < -0.39 is 15.8 Å². The van der Waals surface area contributed by atoms with Gasteiger partial charge in [0.05, 0.1) is 10.6 Å². The molecule has 0 atom stereocenters. The molecule has 0 aliphatic carbocycles. The fourth-order valence-corrected chi connectivity index (χ4v) is 3.71. The Balaban J connectivity index is 1.81. The Bertz CT molecular complexity index is 1170. The van der Waals surface area contributed by atoms with Crippen LogP contribution in [0.3, 0.4) is 0 Å². The third-order valence-electron chi connectivity index (χ3n) is 3.54. The summed E-state index contributed by atoms with van der Waals surface area (Å²) in [7, 11) is -3.92. The third kappa shape index (κ3) is 2.35. The number of aromatic nitrogens is 4. The summed E-state index contributed by atoms with van der Waals surface area (Å²) in [4.78, 5) is 3.86. The molecule has 2 aromatic carbocycles. The van der Waals surface area contributed by atoms with Gasteiger partial charge in [0.25, 0.3) is 10.0 Å². The maximum absolute atomic E-state index is 13.8. The quantitative estimate of drug-likeness (QED) is 0.595. The Kier molecular flexibility index (Phi) is 3.17. The maximum atomic E-state index is 13.8. The fourth-order valence-electron chi connectivity index (χ4n) is 2.46. The van der Waals surface area contributed by atoms with E-state index in [9.17, 15) is 12.8 Å². The van der Waals surface area contributed by atoms with Crippen molar-refractivity contribution in [3.8, 4) is 0 Å². The highest BCUT2D eigenvalue weighted by Gasteiger charge is 2.19. The number of nitrogens with one attached hydrogen (secondary N) is 2. The van der Waals surface area contributed by atoms with Gasteiger partial charge in [0, 0.05) is 11.6 Å². The summed E-state index contributed by atoms with van der Waals surface area (Å²) in [6.07, 6.45) is 1.41. The maximum Gasteiger partial charge on any atom is 0.262 e. The number of rotatable bonds is 3. The molecule has 24 heavy (non-hydrogen) atoms. The number of aromatic amines is 1. The number of H-pyrrole nitrogens is 1. The Morgan fingerprint density at radius 3 is 2.75 bits per heavy atom. The van der Waals surface area contributed by atoms with Crippen LogP contribution >= 0.6 is 0 Å². The largest absolute Gasteiger partial charge is 0.280 e. The summed E-state index contributed by atoms with van der Waals surface area (Å²) in [6.45, 7) is 0. The molecule has 4 rings (SSSR count). The van der Waals surface area contributed by atoms with Gasteiger partial charge in [-0.05, 0) is 42.5 Å². The molecule has 0 saturated heterocycles. The lowest BCUT2D eigenvalue weighted by molar-refractivity contribution is 0.601. The molecular weight excluding hydrogens is 333 g/mol. The van der Waals surface area contributed by atoms with E-state index in [2.05, 4.69) is 25.1 Å². The summed E-state index contributed by atoms with van der Waals surface area (Å²) in [5, 5.41) is 10.5. The zero-order valence-corrected chi connectivity index (χ0v) is 12.9. The van der Waals surface area contributed by atoms with Gasteiger partial charge in [0.1, 0.15) is 22.4 Å². The van der Waals surface area contributed by atoms with Crippen LogP contribution in [0.1, 0.15) is 0 Å².